The van der Waals surface area contributed by atoms with Crippen LogP contribution in [0.5, 0.6) is 0 Å². The Balaban J connectivity index is 1.91. The molecule has 0 amide bonds. The van der Waals surface area contributed by atoms with E-state index in [0.29, 0.717) is 12.6 Å². The molecule has 1 aliphatic rings. The highest BCUT2D eigenvalue weighted by molar-refractivity contribution is 5.17. The van der Waals surface area contributed by atoms with Crippen molar-refractivity contribution in [3.8, 4) is 0 Å². The fourth-order valence-corrected chi connectivity index (χ4v) is 2.34. The molecule has 1 N–H and O–H groups in total. The topological polar surface area (TPSA) is 21.3 Å². The molecule has 0 spiro atoms. The van der Waals surface area contributed by atoms with Crippen molar-refractivity contribution in [1.82, 2.24) is 5.32 Å². The smallest absolute Gasteiger partial charge is 0.159 e. The Hall–Kier alpha value is -1.00. The molecule has 0 radical (unpaired) electrons. The Morgan fingerprint density at radius 2 is 2.12 bits per heavy atom. The number of hydrogen-bond donors (Lipinski definition) is 1. The Morgan fingerprint density at radius 1 is 1.29 bits per heavy atom. The van der Waals surface area contributed by atoms with Gasteiger partial charge in [-0.3, -0.25) is 0 Å². The van der Waals surface area contributed by atoms with Gasteiger partial charge in [0.25, 0.3) is 0 Å². The van der Waals surface area contributed by atoms with Crippen molar-refractivity contribution in [2.45, 2.75) is 38.0 Å². The maximum Gasteiger partial charge on any atom is 0.159 e. The number of halogens is 2. The SMILES string of the molecule is COC1CCCC1NCc1ccc(F)c(F)c1. The van der Waals surface area contributed by atoms with Gasteiger partial charge in [0.05, 0.1) is 6.10 Å². The van der Waals surface area contributed by atoms with Crippen LogP contribution in [0.1, 0.15) is 24.8 Å². The number of methoxy groups -OCH3 is 1. The molecule has 4 heteroatoms. The van der Waals surface area contributed by atoms with E-state index in [1.165, 1.54) is 6.07 Å². The molecular weight excluding hydrogens is 224 g/mol. The molecule has 1 fully saturated rings. The molecule has 2 nitrogen and oxygen atoms in total. The van der Waals surface area contributed by atoms with Gasteiger partial charge >= 0.3 is 0 Å². The number of nitrogens with one attached hydrogen (secondary N) is 1. The normalized spacial score (nSPS) is 24.2. The summed E-state index contributed by atoms with van der Waals surface area (Å²) in [5, 5.41) is 3.33. The fraction of sp³-hybridized carbons (Fsp3) is 0.538. The van der Waals surface area contributed by atoms with Gasteiger partial charge in [-0.05, 0) is 37.0 Å². The van der Waals surface area contributed by atoms with Crippen molar-refractivity contribution in [2.24, 2.45) is 0 Å². The summed E-state index contributed by atoms with van der Waals surface area (Å²) < 4.78 is 31.1. The molecule has 2 rings (SSSR count). The average molecular weight is 241 g/mol. The van der Waals surface area contributed by atoms with Gasteiger partial charge in [-0.15, -0.1) is 0 Å². The van der Waals surface area contributed by atoms with Crippen molar-refractivity contribution < 1.29 is 13.5 Å². The molecule has 2 unspecified atom stereocenters. The second-order valence-electron chi connectivity index (χ2n) is 4.44. The first-order valence-corrected chi connectivity index (χ1v) is 5.91. The van der Waals surface area contributed by atoms with E-state index in [1.807, 2.05) is 0 Å². The van der Waals surface area contributed by atoms with E-state index >= 15 is 0 Å². The van der Waals surface area contributed by atoms with Crippen molar-refractivity contribution in [3.05, 3.63) is 35.4 Å². The van der Waals surface area contributed by atoms with Crippen molar-refractivity contribution in [2.75, 3.05) is 7.11 Å². The quantitative estimate of drug-likeness (QED) is 0.875. The maximum absolute atomic E-state index is 13.0. The molecule has 1 saturated carbocycles. The molecule has 0 aliphatic heterocycles. The molecule has 0 bridgehead atoms. The zero-order valence-electron chi connectivity index (χ0n) is 9.88. The molecule has 1 aliphatic carbocycles. The fourth-order valence-electron chi connectivity index (χ4n) is 2.34. The van der Waals surface area contributed by atoms with Gasteiger partial charge in [0.15, 0.2) is 11.6 Å². The van der Waals surface area contributed by atoms with Crippen LogP contribution in [0.15, 0.2) is 18.2 Å². The minimum Gasteiger partial charge on any atom is -0.380 e. The Bertz CT molecular complexity index is 384. The van der Waals surface area contributed by atoms with Crippen LogP contribution in [-0.2, 0) is 11.3 Å². The number of rotatable bonds is 4. The van der Waals surface area contributed by atoms with Gasteiger partial charge in [0.1, 0.15) is 0 Å². The first-order valence-electron chi connectivity index (χ1n) is 5.91. The summed E-state index contributed by atoms with van der Waals surface area (Å²) in [6.45, 7) is 0.543. The number of benzene rings is 1. The average Bonchev–Trinajstić information content (AvgIpc) is 2.78. The lowest BCUT2D eigenvalue weighted by molar-refractivity contribution is 0.0847. The summed E-state index contributed by atoms with van der Waals surface area (Å²) in [4.78, 5) is 0. The van der Waals surface area contributed by atoms with E-state index in [1.54, 1.807) is 13.2 Å². The molecule has 2 atom stereocenters. The first-order chi connectivity index (χ1) is 8.20. The van der Waals surface area contributed by atoms with Gasteiger partial charge in [-0.1, -0.05) is 6.07 Å². The largest absolute Gasteiger partial charge is 0.380 e. The predicted molar refractivity (Wildman–Crippen MR) is 61.6 cm³/mol. The van der Waals surface area contributed by atoms with Crippen molar-refractivity contribution in [1.29, 1.82) is 0 Å². The van der Waals surface area contributed by atoms with Gasteiger partial charge in [-0.25, -0.2) is 8.78 Å². The summed E-state index contributed by atoms with van der Waals surface area (Å²) >= 11 is 0. The molecule has 0 saturated heterocycles. The molecule has 94 valence electrons. The third kappa shape index (κ3) is 3.01. The van der Waals surface area contributed by atoms with Crippen LogP contribution in [0.25, 0.3) is 0 Å². The minimum absolute atomic E-state index is 0.236. The van der Waals surface area contributed by atoms with Crippen LogP contribution in [0.4, 0.5) is 8.78 Å². The third-order valence-electron chi connectivity index (χ3n) is 3.31. The van der Waals surface area contributed by atoms with E-state index in [-0.39, 0.29) is 6.10 Å². The zero-order valence-corrected chi connectivity index (χ0v) is 9.88. The van der Waals surface area contributed by atoms with Gasteiger partial charge < -0.3 is 10.1 Å². The second kappa shape index (κ2) is 5.56. The van der Waals surface area contributed by atoms with Crippen LogP contribution in [0, 0.1) is 11.6 Å². The van der Waals surface area contributed by atoms with Crippen LogP contribution in [0.3, 0.4) is 0 Å². The summed E-state index contributed by atoms with van der Waals surface area (Å²) in [7, 11) is 1.71. The molecule has 0 aromatic heterocycles. The van der Waals surface area contributed by atoms with Gasteiger partial charge in [0, 0.05) is 19.7 Å². The highest BCUT2D eigenvalue weighted by atomic mass is 19.2. The lowest BCUT2D eigenvalue weighted by atomic mass is 10.1. The summed E-state index contributed by atoms with van der Waals surface area (Å²) in [6, 6.07) is 4.31. The van der Waals surface area contributed by atoms with Crippen LogP contribution >= 0.6 is 0 Å². The van der Waals surface area contributed by atoms with Gasteiger partial charge in [-0.2, -0.15) is 0 Å². The summed E-state index contributed by atoms with van der Waals surface area (Å²) in [5.41, 5.74) is 0.755. The predicted octanol–water partition coefficient (Wildman–Crippen LogP) is 2.62. The number of ether oxygens (including phenoxy) is 1. The van der Waals surface area contributed by atoms with E-state index in [0.717, 1.165) is 30.9 Å². The lowest BCUT2D eigenvalue weighted by Crippen LogP contribution is -2.36. The van der Waals surface area contributed by atoms with Crippen LogP contribution in [0.2, 0.25) is 0 Å². The van der Waals surface area contributed by atoms with Crippen molar-refractivity contribution in [3.63, 3.8) is 0 Å². The van der Waals surface area contributed by atoms with Crippen LogP contribution in [-0.4, -0.2) is 19.3 Å². The first kappa shape index (κ1) is 12.5. The van der Waals surface area contributed by atoms with Crippen LogP contribution < -0.4 is 5.32 Å². The van der Waals surface area contributed by atoms with E-state index in [9.17, 15) is 8.78 Å². The highest BCUT2D eigenvalue weighted by Gasteiger charge is 2.26. The minimum atomic E-state index is -0.801. The maximum atomic E-state index is 13.0. The Labute approximate surface area is 100.0 Å². The van der Waals surface area contributed by atoms with E-state index in [2.05, 4.69) is 5.32 Å². The lowest BCUT2D eigenvalue weighted by Gasteiger charge is -2.19. The molecule has 1 aromatic rings. The zero-order chi connectivity index (χ0) is 12.3. The summed E-state index contributed by atoms with van der Waals surface area (Å²) in [5.74, 6) is -1.59. The standard InChI is InChI=1S/C13H17F2NO/c1-17-13-4-2-3-12(13)16-8-9-5-6-10(14)11(15)7-9/h5-7,12-13,16H,2-4,8H2,1H3. The number of hydrogen-bond acceptors (Lipinski definition) is 2. The highest BCUT2D eigenvalue weighted by Crippen LogP contribution is 2.22. The molecular formula is C13H17F2NO. The molecule has 0 heterocycles. The monoisotopic (exact) mass is 241 g/mol. The second-order valence-corrected chi connectivity index (χ2v) is 4.44. The molecule has 17 heavy (non-hydrogen) atoms. The Kier molecular flexibility index (Phi) is 4.07. The Morgan fingerprint density at radius 3 is 2.82 bits per heavy atom. The molecule has 1 aromatic carbocycles. The summed E-state index contributed by atoms with van der Waals surface area (Å²) in [6.07, 6.45) is 3.52. The van der Waals surface area contributed by atoms with E-state index < -0.39 is 11.6 Å². The van der Waals surface area contributed by atoms with E-state index in [4.69, 9.17) is 4.74 Å². The van der Waals surface area contributed by atoms with Crippen molar-refractivity contribution >= 4 is 0 Å². The van der Waals surface area contributed by atoms with Gasteiger partial charge in [0.2, 0.25) is 0 Å². The third-order valence-corrected chi connectivity index (χ3v) is 3.31.